The Kier molecular flexibility index (Phi) is 3.96. The van der Waals surface area contributed by atoms with Crippen LogP contribution in [0.1, 0.15) is 52.9 Å². The first-order chi connectivity index (χ1) is 6.47. The Morgan fingerprint density at radius 3 is 2.50 bits per heavy atom. The minimum absolute atomic E-state index is 0.0659. The van der Waals surface area contributed by atoms with E-state index in [1.165, 1.54) is 12.8 Å². The lowest BCUT2D eigenvalue weighted by atomic mass is 9.88. The molecule has 84 valence electrons. The van der Waals surface area contributed by atoms with Gasteiger partial charge in [-0.1, -0.05) is 6.92 Å². The molecule has 1 aliphatic carbocycles. The van der Waals surface area contributed by atoms with Gasteiger partial charge in [-0.15, -0.1) is 0 Å². The number of hydrogen-bond donors (Lipinski definition) is 1. The van der Waals surface area contributed by atoms with Crippen LogP contribution in [0.3, 0.4) is 0 Å². The van der Waals surface area contributed by atoms with E-state index >= 15 is 0 Å². The maximum absolute atomic E-state index is 9.64. The zero-order chi connectivity index (χ0) is 10.8. The van der Waals surface area contributed by atoms with Crippen molar-refractivity contribution in [1.82, 2.24) is 4.90 Å². The Balaban J connectivity index is 2.55. The molecular weight excluding hydrogens is 174 g/mol. The first-order valence-corrected chi connectivity index (χ1v) is 5.88. The van der Waals surface area contributed by atoms with Crippen LogP contribution in [-0.2, 0) is 0 Å². The van der Waals surface area contributed by atoms with E-state index in [4.69, 9.17) is 0 Å². The largest absolute Gasteiger partial charge is 0.393 e. The summed E-state index contributed by atoms with van der Waals surface area (Å²) in [5.74, 6) is 0. The lowest BCUT2D eigenvalue weighted by Crippen LogP contribution is -2.49. The second kappa shape index (κ2) is 4.63. The van der Waals surface area contributed by atoms with Crippen molar-refractivity contribution in [1.29, 1.82) is 0 Å². The smallest absolute Gasteiger partial charge is 0.0555 e. The molecule has 1 fully saturated rings. The highest BCUT2D eigenvalue weighted by atomic mass is 16.3. The van der Waals surface area contributed by atoms with Gasteiger partial charge in [-0.25, -0.2) is 0 Å². The summed E-state index contributed by atoms with van der Waals surface area (Å²) in [4.78, 5) is 2.45. The molecule has 0 spiro atoms. The van der Waals surface area contributed by atoms with Gasteiger partial charge in [-0.2, -0.15) is 0 Å². The van der Waals surface area contributed by atoms with Gasteiger partial charge in [0.1, 0.15) is 0 Å². The molecule has 0 bridgehead atoms. The Morgan fingerprint density at radius 2 is 2.00 bits per heavy atom. The van der Waals surface area contributed by atoms with Crippen molar-refractivity contribution in [2.45, 2.75) is 70.6 Å². The first kappa shape index (κ1) is 12.0. The molecule has 0 aliphatic heterocycles. The van der Waals surface area contributed by atoms with E-state index in [2.05, 4.69) is 32.7 Å². The Labute approximate surface area is 88.3 Å². The molecule has 0 radical (unpaired) electrons. The molecule has 0 amide bonds. The van der Waals surface area contributed by atoms with Crippen LogP contribution >= 0.6 is 0 Å². The van der Waals surface area contributed by atoms with Crippen LogP contribution in [0.2, 0.25) is 0 Å². The van der Waals surface area contributed by atoms with E-state index in [1.54, 1.807) is 0 Å². The molecule has 1 aliphatic rings. The highest BCUT2D eigenvalue weighted by Gasteiger charge is 2.31. The van der Waals surface area contributed by atoms with E-state index in [-0.39, 0.29) is 11.6 Å². The number of rotatable bonds is 3. The van der Waals surface area contributed by atoms with Crippen LogP contribution in [0.25, 0.3) is 0 Å². The molecule has 14 heavy (non-hydrogen) atoms. The average Bonchev–Trinajstić information content (AvgIpc) is 2.16. The van der Waals surface area contributed by atoms with Crippen LogP contribution < -0.4 is 0 Å². The maximum atomic E-state index is 9.64. The standard InChI is InChI=1S/C12H25NO/c1-5-12(2,3)13(4)10-7-6-8-11(14)9-10/h10-11,14H,5-9H2,1-4H3. The van der Waals surface area contributed by atoms with Gasteiger partial charge in [0.15, 0.2) is 0 Å². The molecule has 1 saturated carbocycles. The number of aliphatic hydroxyl groups excluding tert-OH is 1. The Morgan fingerprint density at radius 1 is 1.36 bits per heavy atom. The van der Waals surface area contributed by atoms with E-state index < -0.39 is 0 Å². The summed E-state index contributed by atoms with van der Waals surface area (Å²) in [5.41, 5.74) is 0.266. The highest BCUT2D eigenvalue weighted by molar-refractivity contribution is 4.86. The van der Waals surface area contributed by atoms with E-state index in [0.29, 0.717) is 6.04 Å². The maximum Gasteiger partial charge on any atom is 0.0555 e. The second-order valence-corrected chi connectivity index (χ2v) is 5.25. The van der Waals surface area contributed by atoms with Gasteiger partial charge in [0.25, 0.3) is 0 Å². The molecule has 1 rings (SSSR count). The molecule has 2 nitrogen and oxygen atoms in total. The molecule has 0 saturated heterocycles. The molecule has 0 aromatic rings. The Bertz CT molecular complexity index is 179. The van der Waals surface area contributed by atoms with Crippen molar-refractivity contribution < 1.29 is 5.11 Å². The van der Waals surface area contributed by atoms with Gasteiger partial charge in [-0.3, -0.25) is 4.90 Å². The fraction of sp³-hybridized carbons (Fsp3) is 1.00. The number of nitrogens with zero attached hydrogens (tertiary/aromatic N) is 1. The minimum Gasteiger partial charge on any atom is -0.393 e. The molecule has 1 N–H and O–H groups in total. The summed E-state index contributed by atoms with van der Waals surface area (Å²) in [6.45, 7) is 6.80. The van der Waals surface area contributed by atoms with Gasteiger partial charge in [0, 0.05) is 11.6 Å². The van der Waals surface area contributed by atoms with Crippen molar-refractivity contribution in [3.8, 4) is 0 Å². The SMILES string of the molecule is CCC(C)(C)N(C)C1CCCC(O)C1. The van der Waals surface area contributed by atoms with Crippen LogP contribution in [0.4, 0.5) is 0 Å². The summed E-state index contributed by atoms with van der Waals surface area (Å²) in [6, 6.07) is 0.577. The van der Waals surface area contributed by atoms with Crippen molar-refractivity contribution in [3.63, 3.8) is 0 Å². The number of hydrogen-bond acceptors (Lipinski definition) is 2. The lowest BCUT2D eigenvalue weighted by Gasteiger charge is -2.43. The fourth-order valence-corrected chi connectivity index (χ4v) is 2.23. The van der Waals surface area contributed by atoms with Crippen molar-refractivity contribution >= 4 is 0 Å². The first-order valence-electron chi connectivity index (χ1n) is 5.88. The third-order valence-electron chi connectivity index (χ3n) is 3.99. The highest BCUT2D eigenvalue weighted by Crippen LogP contribution is 2.28. The van der Waals surface area contributed by atoms with Crippen LogP contribution in [0, 0.1) is 0 Å². The van der Waals surface area contributed by atoms with Crippen LogP contribution in [-0.4, -0.2) is 34.7 Å². The summed E-state index contributed by atoms with van der Waals surface area (Å²) in [7, 11) is 2.20. The van der Waals surface area contributed by atoms with Gasteiger partial charge >= 0.3 is 0 Å². The molecule has 0 aromatic carbocycles. The average molecular weight is 199 g/mol. The second-order valence-electron chi connectivity index (χ2n) is 5.25. The summed E-state index contributed by atoms with van der Waals surface area (Å²) < 4.78 is 0. The Hall–Kier alpha value is -0.0800. The molecule has 2 heteroatoms. The predicted molar refractivity (Wildman–Crippen MR) is 60.4 cm³/mol. The van der Waals surface area contributed by atoms with Crippen molar-refractivity contribution in [2.75, 3.05) is 7.05 Å². The van der Waals surface area contributed by atoms with Gasteiger partial charge in [0.2, 0.25) is 0 Å². The van der Waals surface area contributed by atoms with Gasteiger partial charge in [-0.05, 0) is 53.0 Å². The quantitative estimate of drug-likeness (QED) is 0.754. The molecule has 0 aromatic heterocycles. The van der Waals surface area contributed by atoms with E-state index in [0.717, 1.165) is 19.3 Å². The third-order valence-corrected chi connectivity index (χ3v) is 3.99. The molecule has 2 atom stereocenters. The van der Waals surface area contributed by atoms with Crippen molar-refractivity contribution in [2.24, 2.45) is 0 Å². The summed E-state index contributed by atoms with van der Waals surface area (Å²) in [6.07, 6.45) is 5.48. The zero-order valence-corrected chi connectivity index (χ0v) is 10.1. The molecular formula is C12H25NO. The summed E-state index contributed by atoms with van der Waals surface area (Å²) in [5, 5.41) is 9.64. The molecule has 2 unspecified atom stereocenters. The van der Waals surface area contributed by atoms with Gasteiger partial charge in [0.05, 0.1) is 6.10 Å². The van der Waals surface area contributed by atoms with Crippen LogP contribution in [0.15, 0.2) is 0 Å². The predicted octanol–water partition coefficient (Wildman–Crippen LogP) is 2.41. The number of aliphatic hydroxyl groups is 1. The fourth-order valence-electron chi connectivity index (χ4n) is 2.23. The van der Waals surface area contributed by atoms with E-state index in [9.17, 15) is 5.11 Å². The van der Waals surface area contributed by atoms with Crippen LogP contribution in [0.5, 0.6) is 0 Å². The minimum atomic E-state index is -0.0659. The third kappa shape index (κ3) is 2.71. The normalized spacial score (nSPS) is 29.6. The van der Waals surface area contributed by atoms with Crippen molar-refractivity contribution in [3.05, 3.63) is 0 Å². The monoisotopic (exact) mass is 199 g/mol. The summed E-state index contributed by atoms with van der Waals surface area (Å²) >= 11 is 0. The van der Waals surface area contributed by atoms with E-state index in [1.807, 2.05) is 0 Å². The topological polar surface area (TPSA) is 23.5 Å². The van der Waals surface area contributed by atoms with Gasteiger partial charge < -0.3 is 5.11 Å². The lowest BCUT2D eigenvalue weighted by molar-refractivity contribution is 0.0260. The molecule has 0 heterocycles. The zero-order valence-electron chi connectivity index (χ0n) is 10.1.